The first-order valence-corrected chi connectivity index (χ1v) is 9.82. The number of carbonyl (C=O) groups excluding carboxylic acids is 1. The number of aromatic nitrogens is 3. The zero-order valence-electron chi connectivity index (χ0n) is 15.9. The van der Waals surface area contributed by atoms with Gasteiger partial charge in [0.1, 0.15) is 0 Å². The molecule has 29 heavy (non-hydrogen) atoms. The van der Waals surface area contributed by atoms with Gasteiger partial charge in [-0.1, -0.05) is 47.1 Å². The summed E-state index contributed by atoms with van der Waals surface area (Å²) in [6, 6.07) is 17.4. The molecular weight excluding hydrogens is 409 g/mol. The first-order valence-electron chi connectivity index (χ1n) is 9.44. The summed E-state index contributed by atoms with van der Waals surface area (Å²) in [4.78, 5) is 15.0. The topological polar surface area (TPSA) is 63.1 Å². The minimum Gasteiger partial charge on any atom is -0.317 e. The summed E-state index contributed by atoms with van der Waals surface area (Å²) < 4.78 is 1.83. The summed E-state index contributed by atoms with van der Waals surface area (Å²) in [5.41, 5.74) is 2.17. The van der Waals surface area contributed by atoms with E-state index in [9.17, 15) is 4.79 Å². The molecule has 1 aliphatic heterocycles. The second kappa shape index (κ2) is 9.87. The van der Waals surface area contributed by atoms with E-state index < -0.39 is 0 Å². The molecule has 1 aliphatic rings. The van der Waals surface area contributed by atoms with Crippen molar-refractivity contribution in [3.05, 3.63) is 77.1 Å². The molecule has 2 aromatic carbocycles. The van der Waals surface area contributed by atoms with E-state index in [1.165, 1.54) is 0 Å². The first-order chi connectivity index (χ1) is 13.7. The highest BCUT2D eigenvalue weighted by atomic mass is 35.5. The molecule has 1 saturated heterocycles. The van der Waals surface area contributed by atoms with Gasteiger partial charge in [-0.3, -0.25) is 4.79 Å². The molecule has 1 fully saturated rings. The number of piperidine rings is 1. The molecule has 0 saturated carbocycles. The van der Waals surface area contributed by atoms with Crippen molar-refractivity contribution < 1.29 is 4.79 Å². The van der Waals surface area contributed by atoms with Crippen LogP contribution in [0.2, 0.25) is 5.02 Å². The average Bonchev–Trinajstić information content (AvgIpc) is 3.24. The molecule has 1 amide bonds. The van der Waals surface area contributed by atoms with Crippen LogP contribution in [0, 0.1) is 0 Å². The molecule has 0 unspecified atom stereocenters. The number of halogens is 2. The number of hydrogen-bond acceptors (Lipinski definition) is 4. The summed E-state index contributed by atoms with van der Waals surface area (Å²) in [7, 11) is 0. The number of nitrogens with one attached hydrogen (secondary N) is 1. The Labute approximate surface area is 181 Å². The highest BCUT2D eigenvalue weighted by Crippen LogP contribution is 2.22. The number of para-hydroxylation sites is 1. The Hall–Kier alpha value is -2.41. The van der Waals surface area contributed by atoms with Crippen LogP contribution in [-0.2, 0) is 6.54 Å². The summed E-state index contributed by atoms with van der Waals surface area (Å²) in [5, 5.41) is 12.4. The molecule has 6 nitrogen and oxygen atoms in total. The van der Waals surface area contributed by atoms with Crippen molar-refractivity contribution in [2.24, 2.45) is 0 Å². The minimum absolute atomic E-state index is 0. The summed E-state index contributed by atoms with van der Waals surface area (Å²) in [6.45, 7) is 2.35. The summed E-state index contributed by atoms with van der Waals surface area (Å²) in [6.07, 6.45) is 3.75. The molecule has 1 aromatic heterocycles. The quantitative estimate of drug-likeness (QED) is 0.659. The predicted molar refractivity (Wildman–Crippen MR) is 117 cm³/mol. The normalized spacial score (nSPS) is 14.2. The largest absolute Gasteiger partial charge is 0.317 e. The van der Waals surface area contributed by atoms with Gasteiger partial charge in [-0.2, -0.15) is 0 Å². The van der Waals surface area contributed by atoms with Crippen molar-refractivity contribution in [3.8, 4) is 0 Å². The predicted octanol–water partition coefficient (Wildman–Crippen LogP) is 4.12. The highest BCUT2D eigenvalue weighted by molar-refractivity contribution is 6.30. The fourth-order valence-electron chi connectivity index (χ4n) is 3.42. The van der Waals surface area contributed by atoms with Crippen molar-refractivity contribution in [1.29, 1.82) is 0 Å². The number of nitrogens with zero attached hydrogens (tertiary/aromatic N) is 4. The third-order valence-electron chi connectivity index (χ3n) is 4.98. The molecule has 0 aliphatic carbocycles. The van der Waals surface area contributed by atoms with Gasteiger partial charge in [0.25, 0.3) is 5.91 Å². The van der Waals surface area contributed by atoms with Crippen LogP contribution >= 0.6 is 24.0 Å². The molecule has 3 aromatic rings. The Balaban J connectivity index is 0.00000240. The molecule has 1 N–H and O–H groups in total. The van der Waals surface area contributed by atoms with Gasteiger partial charge in [0.05, 0.1) is 18.8 Å². The number of amides is 1. The molecule has 4 rings (SSSR count). The molecule has 0 bridgehead atoms. The van der Waals surface area contributed by atoms with E-state index in [2.05, 4.69) is 15.6 Å². The van der Waals surface area contributed by atoms with E-state index in [1.807, 2.05) is 59.3 Å². The summed E-state index contributed by atoms with van der Waals surface area (Å²) in [5.74, 6) is -0.165. The first kappa shape index (κ1) is 21.3. The molecule has 0 radical (unpaired) electrons. The SMILES string of the molecule is Cl.O=C(c1cn(C2CCNCC2)nn1)N(Cc1ccc(Cl)cc1)c1ccccc1. The second-order valence-corrected chi connectivity index (χ2v) is 7.35. The molecule has 2 heterocycles. The van der Waals surface area contributed by atoms with Crippen molar-refractivity contribution in [2.45, 2.75) is 25.4 Å². The van der Waals surface area contributed by atoms with E-state index in [1.54, 1.807) is 11.1 Å². The Bertz CT molecular complexity index is 924. The van der Waals surface area contributed by atoms with Crippen LogP contribution in [-0.4, -0.2) is 34.0 Å². The third-order valence-corrected chi connectivity index (χ3v) is 5.23. The maximum absolute atomic E-state index is 13.3. The lowest BCUT2D eigenvalue weighted by molar-refractivity contribution is 0.0980. The van der Waals surface area contributed by atoms with Gasteiger partial charge in [-0.15, -0.1) is 17.5 Å². The lowest BCUT2D eigenvalue weighted by atomic mass is 10.1. The third kappa shape index (κ3) is 5.15. The van der Waals surface area contributed by atoms with E-state index in [0.717, 1.165) is 37.2 Å². The molecular formula is C21H23Cl2N5O. The standard InChI is InChI=1S/C21H22ClN5O.ClH/c22-17-8-6-16(7-9-17)14-26(18-4-2-1-3-5-18)21(28)20-15-27(25-24-20)19-10-12-23-13-11-19;/h1-9,15,19,23H,10-14H2;1H. The van der Waals surface area contributed by atoms with Crippen LogP contribution in [0.1, 0.15) is 34.9 Å². The van der Waals surface area contributed by atoms with Gasteiger partial charge in [-0.05, 0) is 55.8 Å². The van der Waals surface area contributed by atoms with Crippen molar-refractivity contribution in [1.82, 2.24) is 20.3 Å². The fraction of sp³-hybridized carbons (Fsp3) is 0.286. The Morgan fingerprint density at radius 2 is 1.79 bits per heavy atom. The number of anilines is 1. The van der Waals surface area contributed by atoms with E-state index in [-0.39, 0.29) is 24.4 Å². The second-order valence-electron chi connectivity index (χ2n) is 6.92. The van der Waals surface area contributed by atoms with E-state index >= 15 is 0 Å². The van der Waals surface area contributed by atoms with Gasteiger partial charge >= 0.3 is 0 Å². The van der Waals surface area contributed by atoms with Crippen LogP contribution in [0.3, 0.4) is 0 Å². The molecule has 0 spiro atoms. The number of carbonyl (C=O) groups is 1. The molecule has 8 heteroatoms. The highest BCUT2D eigenvalue weighted by Gasteiger charge is 2.23. The maximum atomic E-state index is 13.3. The fourth-order valence-corrected chi connectivity index (χ4v) is 3.55. The van der Waals surface area contributed by atoms with Crippen LogP contribution in [0.5, 0.6) is 0 Å². The number of rotatable bonds is 5. The van der Waals surface area contributed by atoms with Crippen molar-refractivity contribution in [2.75, 3.05) is 18.0 Å². The van der Waals surface area contributed by atoms with Gasteiger partial charge in [0, 0.05) is 10.7 Å². The monoisotopic (exact) mass is 431 g/mol. The van der Waals surface area contributed by atoms with Gasteiger partial charge < -0.3 is 10.2 Å². The van der Waals surface area contributed by atoms with Crippen LogP contribution < -0.4 is 10.2 Å². The molecule has 152 valence electrons. The minimum atomic E-state index is -0.165. The number of benzene rings is 2. The molecule has 0 atom stereocenters. The van der Waals surface area contributed by atoms with Gasteiger partial charge in [0.2, 0.25) is 0 Å². The Morgan fingerprint density at radius 3 is 2.48 bits per heavy atom. The maximum Gasteiger partial charge on any atom is 0.280 e. The summed E-state index contributed by atoms with van der Waals surface area (Å²) >= 11 is 5.99. The van der Waals surface area contributed by atoms with E-state index in [0.29, 0.717) is 17.3 Å². The van der Waals surface area contributed by atoms with Crippen molar-refractivity contribution in [3.63, 3.8) is 0 Å². The smallest absolute Gasteiger partial charge is 0.280 e. The van der Waals surface area contributed by atoms with Crippen LogP contribution in [0.15, 0.2) is 60.8 Å². The zero-order valence-corrected chi connectivity index (χ0v) is 17.4. The van der Waals surface area contributed by atoms with Crippen molar-refractivity contribution >= 4 is 35.6 Å². The van der Waals surface area contributed by atoms with Gasteiger partial charge in [0.15, 0.2) is 5.69 Å². The Kier molecular flexibility index (Phi) is 7.25. The lowest BCUT2D eigenvalue weighted by Crippen LogP contribution is -2.31. The Morgan fingerprint density at radius 1 is 1.10 bits per heavy atom. The average molecular weight is 432 g/mol. The van der Waals surface area contributed by atoms with Crippen LogP contribution in [0.25, 0.3) is 0 Å². The number of hydrogen-bond donors (Lipinski definition) is 1. The lowest BCUT2D eigenvalue weighted by Gasteiger charge is -2.23. The van der Waals surface area contributed by atoms with E-state index in [4.69, 9.17) is 11.6 Å². The van der Waals surface area contributed by atoms with Gasteiger partial charge in [-0.25, -0.2) is 4.68 Å². The zero-order chi connectivity index (χ0) is 19.3. The van der Waals surface area contributed by atoms with Crippen LogP contribution in [0.4, 0.5) is 5.69 Å².